The summed E-state index contributed by atoms with van der Waals surface area (Å²) in [6.07, 6.45) is 11.3. The highest BCUT2D eigenvalue weighted by Gasteiger charge is 2.22. The van der Waals surface area contributed by atoms with Gasteiger partial charge in [-0.2, -0.15) is 5.10 Å². The minimum atomic E-state index is 0.114. The van der Waals surface area contributed by atoms with Crippen molar-refractivity contribution < 1.29 is 4.79 Å². The van der Waals surface area contributed by atoms with Crippen LogP contribution < -0.4 is 5.32 Å². The van der Waals surface area contributed by atoms with Crippen LogP contribution in [0.25, 0.3) is 5.65 Å². The van der Waals surface area contributed by atoms with Crippen LogP contribution in [0.2, 0.25) is 0 Å². The number of carbonyl (C=O) groups excluding carboxylic acids is 1. The van der Waals surface area contributed by atoms with E-state index in [0.29, 0.717) is 12.5 Å². The van der Waals surface area contributed by atoms with E-state index in [1.165, 1.54) is 0 Å². The molecule has 1 aliphatic heterocycles. The van der Waals surface area contributed by atoms with Gasteiger partial charge in [0.15, 0.2) is 5.65 Å². The van der Waals surface area contributed by atoms with E-state index >= 15 is 0 Å². The predicted octanol–water partition coefficient (Wildman–Crippen LogP) is 4.53. The summed E-state index contributed by atoms with van der Waals surface area (Å²) in [6, 6.07) is 14.0. The van der Waals surface area contributed by atoms with Gasteiger partial charge in [0, 0.05) is 55.7 Å². The summed E-state index contributed by atoms with van der Waals surface area (Å²) in [4.78, 5) is 23.8. The second kappa shape index (κ2) is 10.0. The molecule has 1 amide bonds. The summed E-state index contributed by atoms with van der Waals surface area (Å²) >= 11 is 0. The van der Waals surface area contributed by atoms with Crippen molar-refractivity contribution in [1.82, 2.24) is 24.5 Å². The van der Waals surface area contributed by atoms with Gasteiger partial charge in [-0.3, -0.25) is 9.78 Å². The molecule has 1 aromatic carbocycles. The highest BCUT2D eigenvalue weighted by molar-refractivity contribution is 5.95. The molecule has 7 heteroatoms. The van der Waals surface area contributed by atoms with Gasteiger partial charge in [-0.1, -0.05) is 12.1 Å². The third-order valence-corrected chi connectivity index (χ3v) is 6.63. The van der Waals surface area contributed by atoms with Crippen LogP contribution in [0, 0.1) is 12.8 Å². The van der Waals surface area contributed by atoms with E-state index in [1.807, 2.05) is 58.2 Å². The molecular weight excluding hydrogens is 424 g/mol. The average Bonchev–Trinajstić information content (AvgIpc) is 3.21. The average molecular weight is 455 g/mol. The Labute approximate surface area is 199 Å². The minimum absolute atomic E-state index is 0.114. The Morgan fingerprint density at radius 1 is 1.12 bits per heavy atom. The zero-order valence-electron chi connectivity index (χ0n) is 19.5. The maximum absolute atomic E-state index is 13.3. The van der Waals surface area contributed by atoms with Gasteiger partial charge in [0.1, 0.15) is 0 Å². The smallest absolute Gasteiger partial charge is 0.253 e. The Morgan fingerprint density at radius 2 is 2.06 bits per heavy atom. The molecule has 34 heavy (non-hydrogen) atoms. The van der Waals surface area contributed by atoms with E-state index in [9.17, 15) is 4.79 Å². The number of hydrogen-bond acceptors (Lipinski definition) is 5. The monoisotopic (exact) mass is 454 g/mol. The molecule has 0 aliphatic carbocycles. The van der Waals surface area contributed by atoms with Crippen LogP contribution in [0.5, 0.6) is 0 Å². The van der Waals surface area contributed by atoms with E-state index < -0.39 is 0 Å². The molecule has 174 valence electrons. The normalized spacial score (nSPS) is 16.4. The van der Waals surface area contributed by atoms with Crippen LogP contribution in [0.1, 0.15) is 46.4 Å². The molecule has 3 aromatic heterocycles. The molecule has 0 spiro atoms. The number of carbonyl (C=O) groups is 1. The Kier molecular flexibility index (Phi) is 6.51. The number of hydrogen-bond donors (Lipinski definition) is 1. The molecule has 0 saturated carbocycles. The fourth-order valence-electron chi connectivity index (χ4n) is 4.66. The molecule has 1 fully saturated rings. The van der Waals surface area contributed by atoms with Gasteiger partial charge in [0.2, 0.25) is 0 Å². The van der Waals surface area contributed by atoms with Crippen LogP contribution in [0.4, 0.5) is 5.69 Å². The number of aryl methyl sites for hydroxylation is 1. The first-order chi connectivity index (χ1) is 16.7. The number of anilines is 1. The Morgan fingerprint density at radius 3 is 2.94 bits per heavy atom. The first-order valence-corrected chi connectivity index (χ1v) is 12.0. The standard InChI is InChI=1S/C27H30N6O/c1-20-6-7-23(17-25(20)30-19-22-4-2-11-28-18-22)27(34)32-13-3-5-21(10-14-32)16-24-8-9-26-29-12-15-33(26)31-24/h2,4,6-9,11-12,15,17-18,21,30H,3,5,10,13-14,16,19H2,1H3. The van der Waals surface area contributed by atoms with Gasteiger partial charge in [0.25, 0.3) is 5.91 Å². The van der Waals surface area contributed by atoms with Gasteiger partial charge in [-0.25, -0.2) is 9.50 Å². The second-order valence-corrected chi connectivity index (χ2v) is 9.09. The number of fused-ring (bicyclic) bond motifs is 1. The van der Waals surface area contributed by atoms with Gasteiger partial charge in [-0.15, -0.1) is 0 Å². The maximum Gasteiger partial charge on any atom is 0.253 e. The maximum atomic E-state index is 13.3. The first kappa shape index (κ1) is 22.1. The summed E-state index contributed by atoms with van der Waals surface area (Å²) < 4.78 is 1.83. The lowest BCUT2D eigenvalue weighted by Crippen LogP contribution is -2.32. The lowest BCUT2D eigenvalue weighted by Gasteiger charge is -2.21. The number of nitrogens with one attached hydrogen (secondary N) is 1. The SMILES string of the molecule is Cc1ccc(C(=O)N2CCCC(Cc3ccc4nccn4n3)CC2)cc1NCc1cccnc1. The Balaban J connectivity index is 1.21. The third kappa shape index (κ3) is 5.09. The van der Waals surface area contributed by atoms with Gasteiger partial charge in [0.05, 0.1) is 5.69 Å². The van der Waals surface area contributed by atoms with E-state index in [4.69, 9.17) is 0 Å². The largest absolute Gasteiger partial charge is 0.381 e. The summed E-state index contributed by atoms with van der Waals surface area (Å²) in [5, 5.41) is 8.14. The zero-order chi connectivity index (χ0) is 23.3. The summed E-state index contributed by atoms with van der Waals surface area (Å²) in [6.45, 7) is 4.32. The summed E-state index contributed by atoms with van der Waals surface area (Å²) in [5.41, 5.74) is 5.91. The topological polar surface area (TPSA) is 75.4 Å². The van der Waals surface area contributed by atoms with Crippen LogP contribution >= 0.6 is 0 Å². The number of likely N-dealkylation sites (tertiary alicyclic amines) is 1. The summed E-state index contributed by atoms with van der Waals surface area (Å²) in [7, 11) is 0. The highest BCUT2D eigenvalue weighted by atomic mass is 16.2. The number of imidazole rings is 1. The zero-order valence-corrected chi connectivity index (χ0v) is 19.5. The molecule has 1 aliphatic rings. The molecular formula is C27H30N6O. The van der Waals surface area contributed by atoms with Crippen molar-refractivity contribution in [3.63, 3.8) is 0 Å². The molecule has 5 rings (SSSR count). The van der Waals surface area contributed by atoms with Gasteiger partial charge >= 0.3 is 0 Å². The molecule has 0 radical (unpaired) electrons. The van der Waals surface area contributed by atoms with E-state index in [2.05, 4.69) is 33.4 Å². The minimum Gasteiger partial charge on any atom is -0.381 e. The van der Waals surface area contributed by atoms with Crippen molar-refractivity contribution in [1.29, 1.82) is 0 Å². The molecule has 1 unspecified atom stereocenters. The van der Waals surface area contributed by atoms with E-state index in [-0.39, 0.29) is 5.91 Å². The first-order valence-electron chi connectivity index (χ1n) is 12.0. The number of nitrogens with zero attached hydrogens (tertiary/aromatic N) is 5. The fourth-order valence-corrected chi connectivity index (χ4v) is 4.66. The Hall–Kier alpha value is -3.74. The third-order valence-electron chi connectivity index (χ3n) is 6.63. The summed E-state index contributed by atoms with van der Waals surface area (Å²) in [5.74, 6) is 0.643. The van der Waals surface area contributed by atoms with Gasteiger partial charge in [-0.05, 0) is 80.0 Å². The van der Waals surface area contributed by atoms with Crippen LogP contribution in [-0.4, -0.2) is 43.5 Å². The molecule has 1 atom stereocenters. The lowest BCUT2D eigenvalue weighted by atomic mass is 9.95. The highest BCUT2D eigenvalue weighted by Crippen LogP contribution is 2.24. The van der Waals surface area contributed by atoms with Crippen molar-refractivity contribution in [3.8, 4) is 0 Å². The molecule has 7 nitrogen and oxygen atoms in total. The second-order valence-electron chi connectivity index (χ2n) is 9.09. The number of aromatic nitrogens is 4. The molecule has 1 N–H and O–H groups in total. The van der Waals surface area contributed by atoms with Gasteiger partial charge < -0.3 is 10.2 Å². The van der Waals surface area contributed by atoms with Crippen molar-refractivity contribution in [2.75, 3.05) is 18.4 Å². The molecule has 1 saturated heterocycles. The van der Waals surface area contributed by atoms with Crippen LogP contribution in [0.15, 0.2) is 67.3 Å². The molecule has 4 heterocycles. The fraction of sp³-hybridized carbons (Fsp3) is 0.333. The van der Waals surface area contributed by atoms with E-state index in [1.54, 1.807) is 12.4 Å². The lowest BCUT2D eigenvalue weighted by molar-refractivity contribution is 0.0760. The van der Waals surface area contributed by atoms with Crippen LogP contribution in [-0.2, 0) is 13.0 Å². The number of benzene rings is 1. The van der Waals surface area contributed by atoms with Crippen LogP contribution in [0.3, 0.4) is 0 Å². The van der Waals surface area contributed by atoms with Crippen molar-refractivity contribution in [2.24, 2.45) is 5.92 Å². The number of amides is 1. The van der Waals surface area contributed by atoms with Crippen molar-refractivity contribution in [3.05, 3.63) is 89.6 Å². The van der Waals surface area contributed by atoms with Crippen molar-refractivity contribution in [2.45, 2.75) is 39.2 Å². The number of pyridine rings is 1. The number of rotatable bonds is 6. The Bertz CT molecular complexity index is 1270. The predicted molar refractivity (Wildman–Crippen MR) is 133 cm³/mol. The quantitative estimate of drug-likeness (QED) is 0.463. The molecule has 0 bridgehead atoms. The molecule has 4 aromatic rings. The van der Waals surface area contributed by atoms with E-state index in [0.717, 1.165) is 72.5 Å². The van der Waals surface area contributed by atoms with Crippen molar-refractivity contribution >= 4 is 17.2 Å².